The molecule has 8 heteroatoms. The summed E-state index contributed by atoms with van der Waals surface area (Å²) in [5, 5.41) is 2.58. The summed E-state index contributed by atoms with van der Waals surface area (Å²) < 4.78 is 45.5. The van der Waals surface area contributed by atoms with Crippen molar-refractivity contribution in [2.24, 2.45) is 0 Å². The average Bonchev–Trinajstić information content (AvgIpc) is 3.06. The van der Waals surface area contributed by atoms with Crippen LogP contribution in [0.25, 0.3) is 11.5 Å². The second-order valence-electron chi connectivity index (χ2n) is 5.29. The number of nitrogens with one attached hydrogen (secondary N) is 1. The van der Waals surface area contributed by atoms with Crippen LogP contribution in [-0.4, -0.2) is 19.9 Å². The van der Waals surface area contributed by atoms with Gasteiger partial charge in [-0.3, -0.25) is 0 Å². The molecule has 0 saturated carbocycles. The topological polar surface area (TPSA) is 72.2 Å². The van der Waals surface area contributed by atoms with Crippen LogP contribution in [0.15, 0.2) is 80.0 Å². The normalized spacial score (nSPS) is 11.3. The van der Waals surface area contributed by atoms with Gasteiger partial charge >= 0.3 is 0 Å². The summed E-state index contributed by atoms with van der Waals surface area (Å²) in [6.07, 6.45) is 1.57. The smallest absolute Gasteiger partial charge is 0.234 e. The lowest BCUT2D eigenvalue weighted by atomic mass is 10.2. The third kappa shape index (κ3) is 3.71. The highest BCUT2D eigenvalue weighted by Crippen LogP contribution is 2.32. The molecular formula is C18H14BrFN2O3S. The van der Waals surface area contributed by atoms with E-state index in [0.29, 0.717) is 12.1 Å². The SMILES string of the molecule is C=CCNc1oc(-c2ccc(Br)cc2)nc1S(=O)(=O)c1ccc(F)cc1. The Morgan fingerprint density at radius 2 is 1.81 bits per heavy atom. The van der Waals surface area contributed by atoms with Crippen molar-refractivity contribution in [1.82, 2.24) is 4.98 Å². The van der Waals surface area contributed by atoms with E-state index in [1.165, 1.54) is 12.1 Å². The Hall–Kier alpha value is -2.45. The number of nitrogens with zero attached hydrogens (tertiary/aromatic N) is 1. The van der Waals surface area contributed by atoms with E-state index >= 15 is 0 Å². The molecule has 0 spiro atoms. The van der Waals surface area contributed by atoms with Crippen molar-refractivity contribution in [2.45, 2.75) is 9.92 Å². The van der Waals surface area contributed by atoms with Crippen LogP contribution in [0.4, 0.5) is 10.3 Å². The van der Waals surface area contributed by atoms with Crippen LogP contribution in [0.2, 0.25) is 0 Å². The largest absolute Gasteiger partial charge is 0.419 e. The second kappa shape index (κ2) is 7.43. The molecule has 1 aromatic heterocycles. The van der Waals surface area contributed by atoms with Crippen molar-refractivity contribution in [2.75, 3.05) is 11.9 Å². The van der Waals surface area contributed by atoms with Gasteiger partial charge in [0.05, 0.1) is 4.90 Å². The Morgan fingerprint density at radius 1 is 1.15 bits per heavy atom. The minimum Gasteiger partial charge on any atom is -0.419 e. The van der Waals surface area contributed by atoms with E-state index < -0.39 is 15.7 Å². The molecule has 0 aliphatic carbocycles. The summed E-state index contributed by atoms with van der Waals surface area (Å²) >= 11 is 3.34. The summed E-state index contributed by atoms with van der Waals surface area (Å²) in [4.78, 5) is 4.10. The monoisotopic (exact) mass is 436 g/mol. The first kappa shape index (κ1) is 18.3. The molecule has 3 rings (SSSR count). The summed E-state index contributed by atoms with van der Waals surface area (Å²) in [5.74, 6) is -0.360. The molecule has 3 aromatic rings. The standard InChI is InChI=1S/C18H14BrFN2O3S/c1-2-11-21-17-18(26(23,24)15-9-7-14(20)8-10-15)22-16(25-17)12-3-5-13(19)6-4-12/h2-10,21H,1,11H2. The number of anilines is 1. The van der Waals surface area contributed by atoms with Crippen molar-refractivity contribution in [3.05, 3.63) is 71.5 Å². The fourth-order valence-electron chi connectivity index (χ4n) is 2.21. The molecule has 2 aromatic carbocycles. The van der Waals surface area contributed by atoms with Gasteiger partial charge in [-0.25, -0.2) is 12.8 Å². The van der Waals surface area contributed by atoms with Gasteiger partial charge in [0.1, 0.15) is 5.82 Å². The molecule has 0 atom stereocenters. The number of sulfone groups is 1. The number of hydrogen-bond acceptors (Lipinski definition) is 5. The number of aromatic nitrogens is 1. The maximum Gasteiger partial charge on any atom is 0.234 e. The van der Waals surface area contributed by atoms with Crippen LogP contribution in [-0.2, 0) is 9.84 Å². The molecule has 0 aliphatic rings. The fraction of sp³-hybridized carbons (Fsp3) is 0.0556. The molecule has 0 amide bonds. The number of hydrogen-bond donors (Lipinski definition) is 1. The molecule has 5 nitrogen and oxygen atoms in total. The van der Waals surface area contributed by atoms with Crippen LogP contribution in [0.5, 0.6) is 0 Å². The number of benzene rings is 2. The number of oxazole rings is 1. The quantitative estimate of drug-likeness (QED) is 0.448. The van der Waals surface area contributed by atoms with Gasteiger partial charge in [0.25, 0.3) is 0 Å². The Labute approximate surface area is 158 Å². The van der Waals surface area contributed by atoms with Gasteiger partial charge in [-0.2, -0.15) is 4.98 Å². The van der Waals surface area contributed by atoms with Gasteiger partial charge in [-0.05, 0) is 48.5 Å². The van der Waals surface area contributed by atoms with Crippen LogP contribution in [0, 0.1) is 5.82 Å². The lowest BCUT2D eigenvalue weighted by molar-refractivity contribution is 0.578. The number of halogens is 2. The van der Waals surface area contributed by atoms with Crippen molar-refractivity contribution < 1.29 is 17.2 Å². The van der Waals surface area contributed by atoms with Crippen molar-refractivity contribution in [1.29, 1.82) is 0 Å². The fourth-order valence-corrected chi connectivity index (χ4v) is 3.75. The molecule has 0 unspecified atom stereocenters. The van der Waals surface area contributed by atoms with Crippen LogP contribution < -0.4 is 5.32 Å². The van der Waals surface area contributed by atoms with E-state index in [1.807, 2.05) is 0 Å². The summed E-state index contributed by atoms with van der Waals surface area (Å²) in [7, 11) is -3.99. The van der Waals surface area contributed by atoms with Crippen LogP contribution in [0.1, 0.15) is 0 Å². The van der Waals surface area contributed by atoms with E-state index in [4.69, 9.17) is 4.42 Å². The van der Waals surface area contributed by atoms with E-state index in [9.17, 15) is 12.8 Å². The summed E-state index contributed by atoms with van der Waals surface area (Å²) in [6.45, 7) is 3.88. The third-order valence-corrected chi connectivity index (χ3v) is 5.68. The van der Waals surface area contributed by atoms with Crippen molar-refractivity contribution >= 4 is 31.7 Å². The Morgan fingerprint density at radius 3 is 2.42 bits per heavy atom. The zero-order valence-electron chi connectivity index (χ0n) is 13.4. The molecule has 0 bridgehead atoms. The molecule has 134 valence electrons. The minimum absolute atomic E-state index is 0.00661. The predicted octanol–water partition coefficient (Wildman–Crippen LogP) is 4.67. The average molecular weight is 437 g/mol. The van der Waals surface area contributed by atoms with E-state index in [0.717, 1.165) is 16.6 Å². The first-order chi connectivity index (χ1) is 12.4. The summed E-state index contributed by atoms with van der Waals surface area (Å²) in [5.41, 5.74) is 0.621. The minimum atomic E-state index is -3.99. The highest BCUT2D eigenvalue weighted by atomic mass is 79.9. The lowest BCUT2D eigenvalue weighted by Gasteiger charge is -2.04. The number of rotatable bonds is 6. The molecule has 0 radical (unpaired) electrons. The second-order valence-corrected chi connectivity index (χ2v) is 8.07. The molecular weight excluding hydrogens is 423 g/mol. The maximum absolute atomic E-state index is 13.1. The van der Waals surface area contributed by atoms with Crippen LogP contribution >= 0.6 is 15.9 Å². The Kier molecular flexibility index (Phi) is 5.24. The lowest BCUT2D eigenvalue weighted by Crippen LogP contribution is -2.07. The molecule has 1 N–H and O–H groups in total. The zero-order valence-corrected chi connectivity index (χ0v) is 15.8. The summed E-state index contributed by atoms with van der Waals surface area (Å²) in [6, 6.07) is 11.6. The van der Waals surface area contributed by atoms with E-state index in [1.54, 1.807) is 30.3 Å². The van der Waals surface area contributed by atoms with E-state index in [2.05, 4.69) is 32.8 Å². The van der Waals surface area contributed by atoms with Gasteiger partial charge in [-0.15, -0.1) is 6.58 Å². The maximum atomic E-state index is 13.1. The molecule has 0 saturated heterocycles. The van der Waals surface area contributed by atoms with Gasteiger partial charge < -0.3 is 9.73 Å². The van der Waals surface area contributed by atoms with Gasteiger partial charge in [0, 0.05) is 16.6 Å². The predicted molar refractivity (Wildman–Crippen MR) is 100 cm³/mol. The molecule has 0 aliphatic heterocycles. The van der Waals surface area contributed by atoms with Crippen molar-refractivity contribution in [3.63, 3.8) is 0 Å². The highest BCUT2D eigenvalue weighted by molar-refractivity contribution is 9.10. The first-order valence-corrected chi connectivity index (χ1v) is 9.81. The van der Waals surface area contributed by atoms with Gasteiger partial charge in [-0.1, -0.05) is 22.0 Å². The molecule has 0 fully saturated rings. The Balaban J connectivity index is 2.10. The van der Waals surface area contributed by atoms with Gasteiger partial charge in [0.2, 0.25) is 26.6 Å². The van der Waals surface area contributed by atoms with Crippen molar-refractivity contribution in [3.8, 4) is 11.5 Å². The first-order valence-electron chi connectivity index (χ1n) is 7.54. The third-order valence-electron chi connectivity index (χ3n) is 3.47. The molecule has 26 heavy (non-hydrogen) atoms. The van der Waals surface area contributed by atoms with Gasteiger partial charge in [0.15, 0.2) is 0 Å². The Bertz CT molecular complexity index is 1030. The molecule has 1 heterocycles. The van der Waals surface area contributed by atoms with Crippen LogP contribution in [0.3, 0.4) is 0 Å². The zero-order chi connectivity index (χ0) is 18.7. The van der Waals surface area contributed by atoms with E-state index in [-0.39, 0.29) is 21.7 Å². The highest BCUT2D eigenvalue weighted by Gasteiger charge is 2.28.